The Morgan fingerprint density at radius 2 is 1.47 bits per heavy atom. The van der Waals surface area contributed by atoms with Gasteiger partial charge in [-0.1, -0.05) is 78.9 Å². The fraction of sp³-hybridized carbons (Fsp3) is 0.167. The van der Waals surface area contributed by atoms with E-state index >= 15 is 0 Å². The molecule has 1 aliphatic heterocycles. The lowest BCUT2D eigenvalue weighted by Crippen LogP contribution is -2.50. The van der Waals surface area contributed by atoms with Gasteiger partial charge in [-0.15, -0.1) is 0 Å². The molecule has 0 atom stereocenters. The molecule has 2 amide bonds. The number of fused-ring (bicyclic) bond motifs is 1. The summed E-state index contributed by atoms with van der Waals surface area (Å²) in [6, 6.07) is 34.1. The number of hydrogen-bond donors (Lipinski definition) is 2. The molecule has 0 spiro atoms. The molecule has 0 bridgehead atoms. The van der Waals surface area contributed by atoms with Crippen molar-refractivity contribution in [1.82, 2.24) is 19.9 Å². The van der Waals surface area contributed by atoms with Crippen LogP contribution >= 0.6 is 0 Å². The highest BCUT2D eigenvalue weighted by molar-refractivity contribution is 6.05. The molecule has 45 heavy (non-hydrogen) atoms. The molecule has 0 radical (unpaired) electrons. The number of anilines is 3. The summed E-state index contributed by atoms with van der Waals surface area (Å²) >= 11 is 0. The molecule has 2 N–H and O–H groups in total. The Morgan fingerprint density at radius 3 is 2.18 bits per heavy atom. The van der Waals surface area contributed by atoms with E-state index in [0.29, 0.717) is 25.3 Å². The van der Waals surface area contributed by atoms with E-state index < -0.39 is 0 Å². The quantitative estimate of drug-likeness (QED) is 0.196. The third-order valence-corrected chi connectivity index (χ3v) is 8.04. The van der Waals surface area contributed by atoms with E-state index in [1.165, 1.54) is 6.33 Å². The van der Waals surface area contributed by atoms with Gasteiger partial charge in [0.15, 0.2) is 0 Å². The number of benzene rings is 3. The third kappa shape index (κ3) is 6.19. The van der Waals surface area contributed by atoms with Crippen LogP contribution in [0.25, 0.3) is 33.6 Å². The Morgan fingerprint density at radius 1 is 0.756 bits per heavy atom. The first-order chi connectivity index (χ1) is 22.2. The number of urea groups is 1. The summed E-state index contributed by atoms with van der Waals surface area (Å²) in [5, 5.41) is 7.43. The zero-order chi connectivity index (χ0) is 30.4. The molecule has 1 saturated heterocycles. The maximum absolute atomic E-state index is 12.9. The van der Waals surface area contributed by atoms with Gasteiger partial charge in [-0.2, -0.15) is 0 Å². The summed E-state index contributed by atoms with van der Waals surface area (Å²) < 4.78 is 6.32. The van der Waals surface area contributed by atoms with Crippen molar-refractivity contribution in [3.63, 3.8) is 0 Å². The molecule has 3 aromatic heterocycles. The average Bonchev–Trinajstić information content (AvgIpc) is 3.51. The van der Waals surface area contributed by atoms with Crippen LogP contribution in [-0.4, -0.2) is 58.6 Å². The van der Waals surface area contributed by atoms with E-state index in [4.69, 9.17) is 4.42 Å². The number of piperazine rings is 1. The number of aromatic nitrogens is 3. The highest BCUT2D eigenvalue weighted by Crippen LogP contribution is 2.42. The smallest absolute Gasteiger partial charge is 0.321 e. The van der Waals surface area contributed by atoms with Crippen LogP contribution < -0.4 is 15.5 Å². The molecule has 4 heterocycles. The predicted molar refractivity (Wildman–Crippen MR) is 178 cm³/mol. The Balaban J connectivity index is 0.997. The SMILES string of the molecule is O=C(Nc1ccc(CCNc2ncnc3oc(-c4ccccc4)c(-c4ccccc4)c23)cc1)N1CCN(c2ccccn2)CC1. The number of nitrogens with zero attached hydrogens (tertiary/aromatic N) is 5. The first kappa shape index (κ1) is 28.1. The fourth-order valence-corrected chi connectivity index (χ4v) is 5.70. The second kappa shape index (κ2) is 12.9. The van der Waals surface area contributed by atoms with Gasteiger partial charge in [-0.3, -0.25) is 0 Å². The van der Waals surface area contributed by atoms with Crippen LogP contribution in [0.3, 0.4) is 0 Å². The van der Waals surface area contributed by atoms with Crippen LogP contribution in [0, 0.1) is 0 Å². The zero-order valence-corrected chi connectivity index (χ0v) is 24.8. The van der Waals surface area contributed by atoms with Crippen molar-refractivity contribution in [2.75, 3.05) is 48.3 Å². The predicted octanol–water partition coefficient (Wildman–Crippen LogP) is 6.96. The lowest BCUT2D eigenvalue weighted by atomic mass is 9.99. The number of pyridine rings is 1. The normalized spacial score (nSPS) is 13.2. The topological polar surface area (TPSA) is 99.4 Å². The third-order valence-electron chi connectivity index (χ3n) is 8.04. The maximum atomic E-state index is 12.9. The number of furan rings is 1. The Bertz CT molecular complexity index is 1870. The number of rotatable bonds is 8. The molecule has 0 aliphatic carbocycles. The molecule has 9 nitrogen and oxygen atoms in total. The van der Waals surface area contributed by atoms with Crippen molar-refractivity contribution < 1.29 is 9.21 Å². The number of nitrogens with one attached hydrogen (secondary N) is 2. The van der Waals surface area contributed by atoms with E-state index in [9.17, 15) is 4.79 Å². The van der Waals surface area contributed by atoms with E-state index in [-0.39, 0.29) is 6.03 Å². The van der Waals surface area contributed by atoms with Crippen molar-refractivity contribution in [2.24, 2.45) is 0 Å². The largest absolute Gasteiger partial charge is 0.437 e. The van der Waals surface area contributed by atoms with Crippen molar-refractivity contribution >= 4 is 34.5 Å². The first-order valence-electron chi connectivity index (χ1n) is 15.2. The van der Waals surface area contributed by atoms with Crippen LogP contribution in [0.15, 0.2) is 120 Å². The van der Waals surface area contributed by atoms with Gasteiger partial charge in [0.2, 0.25) is 5.71 Å². The van der Waals surface area contributed by atoms with Crippen LogP contribution in [0.2, 0.25) is 0 Å². The molecule has 7 rings (SSSR count). The molecule has 9 heteroatoms. The summed E-state index contributed by atoms with van der Waals surface area (Å²) in [5.41, 5.74) is 5.47. The highest BCUT2D eigenvalue weighted by atomic mass is 16.3. The average molecular weight is 596 g/mol. The molecule has 3 aromatic carbocycles. The molecular weight excluding hydrogens is 562 g/mol. The molecule has 6 aromatic rings. The van der Waals surface area contributed by atoms with Crippen molar-refractivity contribution in [1.29, 1.82) is 0 Å². The minimum atomic E-state index is -0.0814. The second-order valence-electron chi connectivity index (χ2n) is 10.9. The molecule has 1 fully saturated rings. The van der Waals surface area contributed by atoms with Gasteiger partial charge in [0.1, 0.15) is 23.7 Å². The van der Waals surface area contributed by atoms with Gasteiger partial charge in [-0.25, -0.2) is 19.7 Å². The van der Waals surface area contributed by atoms with Crippen LogP contribution in [0.4, 0.5) is 22.1 Å². The zero-order valence-electron chi connectivity index (χ0n) is 24.8. The van der Waals surface area contributed by atoms with Crippen molar-refractivity contribution in [2.45, 2.75) is 6.42 Å². The van der Waals surface area contributed by atoms with E-state index in [1.807, 2.05) is 95.9 Å². The van der Waals surface area contributed by atoms with Crippen LogP contribution in [0.1, 0.15) is 5.56 Å². The molecular formula is C36H33N7O2. The molecule has 224 valence electrons. The van der Waals surface area contributed by atoms with Gasteiger partial charge in [0, 0.05) is 55.7 Å². The molecule has 1 aliphatic rings. The van der Waals surface area contributed by atoms with E-state index in [0.717, 1.165) is 70.2 Å². The Hall–Kier alpha value is -5.70. The van der Waals surface area contributed by atoms with Gasteiger partial charge in [-0.05, 0) is 41.8 Å². The van der Waals surface area contributed by atoms with Gasteiger partial charge < -0.3 is 24.9 Å². The summed E-state index contributed by atoms with van der Waals surface area (Å²) in [6.07, 6.45) is 4.11. The van der Waals surface area contributed by atoms with E-state index in [1.54, 1.807) is 6.20 Å². The Kier molecular flexibility index (Phi) is 8.05. The lowest BCUT2D eigenvalue weighted by Gasteiger charge is -2.35. The lowest BCUT2D eigenvalue weighted by molar-refractivity contribution is 0.208. The van der Waals surface area contributed by atoms with Crippen LogP contribution in [-0.2, 0) is 6.42 Å². The van der Waals surface area contributed by atoms with Crippen LogP contribution in [0.5, 0.6) is 0 Å². The summed E-state index contributed by atoms with van der Waals surface area (Å²) in [6.45, 7) is 3.48. The fourth-order valence-electron chi connectivity index (χ4n) is 5.70. The first-order valence-corrected chi connectivity index (χ1v) is 15.2. The van der Waals surface area contributed by atoms with Crippen molar-refractivity contribution in [3.05, 3.63) is 121 Å². The number of amides is 2. The second-order valence-corrected chi connectivity index (χ2v) is 10.9. The molecule has 0 saturated carbocycles. The summed E-state index contributed by atoms with van der Waals surface area (Å²) in [5.74, 6) is 2.45. The van der Waals surface area contributed by atoms with Crippen molar-refractivity contribution in [3.8, 4) is 22.5 Å². The number of carbonyl (C=O) groups is 1. The standard InChI is InChI=1S/C36H33N7O2/c44-36(43-23-21-42(22-24-43)30-13-7-8-19-37-30)41-29-16-14-26(15-17-29)18-20-38-34-32-31(27-9-3-1-4-10-27)33(28-11-5-2-6-12-28)45-35(32)40-25-39-34/h1-17,19,25H,18,20-24H2,(H,41,44)(H,38,39,40). The van der Waals surface area contributed by atoms with Gasteiger partial charge in [0.05, 0.1) is 5.39 Å². The summed E-state index contributed by atoms with van der Waals surface area (Å²) in [4.78, 5) is 30.4. The maximum Gasteiger partial charge on any atom is 0.321 e. The number of carbonyl (C=O) groups excluding carboxylic acids is 1. The molecule has 0 unspecified atom stereocenters. The highest BCUT2D eigenvalue weighted by Gasteiger charge is 2.23. The van der Waals surface area contributed by atoms with E-state index in [2.05, 4.69) is 42.6 Å². The van der Waals surface area contributed by atoms with Gasteiger partial charge >= 0.3 is 6.03 Å². The minimum absolute atomic E-state index is 0.0814. The minimum Gasteiger partial charge on any atom is -0.437 e. The monoisotopic (exact) mass is 595 g/mol. The van der Waals surface area contributed by atoms with Gasteiger partial charge in [0.25, 0.3) is 0 Å². The Labute approximate surface area is 261 Å². The summed E-state index contributed by atoms with van der Waals surface area (Å²) in [7, 11) is 0. The number of hydrogen-bond acceptors (Lipinski definition) is 7.